The van der Waals surface area contributed by atoms with Crippen LogP contribution in [0.4, 0.5) is 11.4 Å². The van der Waals surface area contributed by atoms with Crippen molar-refractivity contribution in [3.8, 4) is 11.8 Å². The number of benzene rings is 3. The summed E-state index contributed by atoms with van der Waals surface area (Å²) in [6.45, 7) is 6.59. The molecular formula is C28H25N3O3. The molecule has 0 saturated carbocycles. The molecule has 0 atom stereocenters. The smallest absolute Gasteiger partial charge is 0.282 e. The molecule has 4 rings (SSSR count). The van der Waals surface area contributed by atoms with Crippen molar-refractivity contribution in [1.29, 1.82) is 5.26 Å². The SMILES string of the molecule is CCCOc1ccc(C2=C(Nc3cc(C)cc(C)c3)C(=O)N(c3ccc(C#N)cc3)C2=O)cc1. The number of nitrogens with one attached hydrogen (secondary N) is 1. The number of nitrogens with zero attached hydrogens (tertiary/aromatic N) is 2. The van der Waals surface area contributed by atoms with Crippen LogP contribution < -0.4 is 15.0 Å². The number of aryl methyl sites for hydroxylation is 2. The summed E-state index contributed by atoms with van der Waals surface area (Å²) in [7, 11) is 0. The van der Waals surface area contributed by atoms with Gasteiger partial charge in [-0.05, 0) is 85.5 Å². The first-order valence-corrected chi connectivity index (χ1v) is 11.1. The van der Waals surface area contributed by atoms with E-state index in [9.17, 15) is 9.59 Å². The molecule has 3 aromatic rings. The van der Waals surface area contributed by atoms with Crippen molar-refractivity contribution in [2.24, 2.45) is 0 Å². The second-order valence-electron chi connectivity index (χ2n) is 8.23. The fraction of sp³-hybridized carbons (Fsp3) is 0.179. The number of imide groups is 1. The van der Waals surface area contributed by atoms with Crippen LogP contribution in [0.5, 0.6) is 5.75 Å². The third kappa shape index (κ3) is 4.55. The van der Waals surface area contributed by atoms with E-state index in [1.807, 2.05) is 39.0 Å². The monoisotopic (exact) mass is 451 g/mol. The third-order valence-electron chi connectivity index (χ3n) is 5.45. The number of amides is 2. The Bertz CT molecular complexity index is 1300. The Morgan fingerprint density at radius 1 is 0.912 bits per heavy atom. The summed E-state index contributed by atoms with van der Waals surface area (Å²) in [4.78, 5) is 28.2. The van der Waals surface area contributed by atoms with E-state index in [2.05, 4.69) is 11.4 Å². The van der Waals surface area contributed by atoms with Crippen molar-refractivity contribution in [2.45, 2.75) is 27.2 Å². The number of nitriles is 1. The maximum absolute atomic E-state index is 13.6. The van der Waals surface area contributed by atoms with Crippen LogP contribution in [0, 0.1) is 25.2 Å². The molecule has 0 bridgehead atoms. The molecule has 34 heavy (non-hydrogen) atoms. The average Bonchev–Trinajstić information content (AvgIpc) is 3.06. The van der Waals surface area contributed by atoms with Gasteiger partial charge in [-0.25, -0.2) is 4.90 Å². The first-order valence-electron chi connectivity index (χ1n) is 11.1. The van der Waals surface area contributed by atoms with E-state index < -0.39 is 11.8 Å². The Morgan fingerprint density at radius 3 is 2.15 bits per heavy atom. The van der Waals surface area contributed by atoms with E-state index in [-0.39, 0.29) is 11.3 Å². The first kappa shape index (κ1) is 22.8. The summed E-state index contributed by atoms with van der Waals surface area (Å²) in [6.07, 6.45) is 0.892. The van der Waals surface area contributed by atoms with E-state index in [1.54, 1.807) is 48.5 Å². The zero-order valence-corrected chi connectivity index (χ0v) is 19.4. The van der Waals surface area contributed by atoms with Crippen molar-refractivity contribution in [1.82, 2.24) is 0 Å². The Balaban J connectivity index is 1.77. The molecule has 6 heteroatoms. The van der Waals surface area contributed by atoms with Crippen LogP contribution in [0.1, 0.15) is 35.6 Å². The van der Waals surface area contributed by atoms with Crippen molar-refractivity contribution in [2.75, 3.05) is 16.8 Å². The largest absolute Gasteiger partial charge is 0.494 e. The molecule has 0 aliphatic carbocycles. The Hall–Kier alpha value is -4.37. The van der Waals surface area contributed by atoms with Gasteiger partial charge in [0, 0.05) is 5.69 Å². The highest BCUT2D eigenvalue weighted by molar-refractivity contribution is 6.46. The summed E-state index contributed by atoms with van der Waals surface area (Å²) in [6, 6.07) is 21.5. The molecule has 0 unspecified atom stereocenters. The lowest BCUT2D eigenvalue weighted by atomic mass is 10.0. The lowest BCUT2D eigenvalue weighted by Gasteiger charge is -2.15. The van der Waals surface area contributed by atoms with Gasteiger partial charge in [0.1, 0.15) is 11.4 Å². The molecule has 0 spiro atoms. The van der Waals surface area contributed by atoms with Gasteiger partial charge in [0.2, 0.25) is 0 Å². The van der Waals surface area contributed by atoms with Gasteiger partial charge < -0.3 is 10.1 Å². The van der Waals surface area contributed by atoms with Gasteiger partial charge in [-0.15, -0.1) is 0 Å². The van der Waals surface area contributed by atoms with Crippen LogP contribution in [-0.2, 0) is 9.59 Å². The molecule has 6 nitrogen and oxygen atoms in total. The van der Waals surface area contributed by atoms with Crippen LogP contribution in [-0.4, -0.2) is 18.4 Å². The fourth-order valence-electron chi connectivity index (χ4n) is 3.96. The van der Waals surface area contributed by atoms with Crippen molar-refractivity contribution in [3.63, 3.8) is 0 Å². The lowest BCUT2D eigenvalue weighted by Crippen LogP contribution is -2.32. The predicted molar refractivity (Wildman–Crippen MR) is 132 cm³/mol. The molecule has 0 saturated heterocycles. The van der Waals surface area contributed by atoms with E-state index in [4.69, 9.17) is 10.00 Å². The van der Waals surface area contributed by atoms with Crippen molar-refractivity contribution >= 4 is 28.8 Å². The van der Waals surface area contributed by atoms with Gasteiger partial charge in [0.05, 0.1) is 29.5 Å². The van der Waals surface area contributed by atoms with E-state index >= 15 is 0 Å². The molecular weight excluding hydrogens is 426 g/mol. The summed E-state index contributed by atoms with van der Waals surface area (Å²) in [5.41, 5.74) is 4.79. The second kappa shape index (κ2) is 9.63. The predicted octanol–water partition coefficient (Wildman–Crippen LogP) is 5.36. The normalized spacial score (nSPS) is 13.3. The van der Waals surface area contributed by atoms with Crippen LogP contribution in [0.3, 0.4) is 0 Å². The number of rotatable bonds is 7. The van der Waals surface area contributed by atoms with E-state index in [0.717, 1.165) is 28.1 Å². The Labute approximate surface area is 199 Å². The quantitative estimate of drug-likeness (QED) is 0.489. The average molecular weight is 452 g/mol. The molecule has 1 aliphatic rings. The summed E-state index contributed by atoms with van der Waals surface area (Å²) < 4.78 is 5.66. The van der Waals surface area contributed by atoms with E-state index in [0.29, 0.717) is 29.2 Å². The number of anilines is 2. The Morgan fingerprint density at radius 2 is 1.56 bits per heavy atom. The topological polar surface area (TPSA) is 82.4 Å². The number of ether oxygens (including phenoxy) is 1. The number of hydrogen-bond acceptors (Lipinski definition) is 5. The lowest BCUT2D eigenvalue weighted by molar-refractivity contribution is -0.120. The maximum atomic E-state index is 13.6. The summed E-state index contributed by atoms with van der Waals surface area (Å²) in [5.74, 6) is -0.172. The highest BCUT2D eigenvalue weighted by Gasteiger charge is 2.40. The van der Waals surface area contributed by atoms with Gasteiger partial charge >= 0.3 is 0 Å². The summed E-state index contributed by atoms with van der Waals surface area (Å²) in [5, 5.41) is 12.3. The maximum Gasteiger partial charge on any atom is 0.282 e. The van der Waals surface area contributed by atoms with Crippen molar-refractivity contribution in [3.05, 3.63) is 94.7 Å². The number of carbonyl (C=O) groups is 2. The van der Waals surface area contributed by atoms with Gasteiger partial charge in [0.15, 0.2) is 0 Å². The minimum atomic E-state index is -0.449. The van der Waals surface area contributed by atoms with Gasteiger partial charge in [0.25, 0.3) is 11.8 Å². The molecule has 0 radical (unpaired) electrons. The van der Waals surface area contributed by atoms with Crippen LogP contribution in [0.15, 0.2) is 72.4 Å². The van der Waals surface area contributed by atoms with Gasteiger partial charge in [-0.3, -0.25) is 9.59 Å². The minimum absolute atomic E-state index is 0.210. The molecule has 3 aromatic carbocycles. The van der Waals surface area contributed by atoms with Gasteiger partial charge in [-0.1, -0.05) is 25.1 Å². The highest BCUT2D eigenvalue weighted by atomic mass is 16.5. The molecule has 0 fully saturated rings. The fourth-order valence-corrected chi connectivity index (χ4v) is 3.96. The minimum Gasteiger partial charge on any atom is -0.494 e. The van der Waals surface area contributed by atoms with Crippen LogP contribution in [0.25, 0.3) is 5.57 Å². The van der Waals surface area contributed by atoms with Crippen LogP contribution >= 0.6 is 0 Å². The number of carbonyl (C=O) groups excluding carboxylic acids is 2. The zero-order valence-electron chi connectivity index (χ0n) is 19.4. The van der Waals surface area contributed by atoms with E-state index in [1.165, 1.54) is 0 Å². The molecule has 1 heterocycles. The molecule has 2 amide bonds. The van der Waals surface area contributed by atoms with Crippen molar-refractivity contribution < 1.29 is 14.3 Å². The molecule has 0 aromatic heterocycles. The standard InChI is InChI=1S/C28H25N3O3/c1-4-13-34-24-11-7-21(8-12-24)25-26(30-22-15-18(2)14-19(3)16-22)28(33)31(27(25)32)23-9-5-20(17-29)6-10-23/h5-12,14-16,30H,4,13H2,1-3H3. The zero-order chi connectivity index (χ0) is 24.2. The van der Waals surface area contributed by atoms with Crippen LogP contribution in [0.2, 0.25) is 0 Å². The first-order chi connectivity index (χ1) is 16.4. The number of hydrogen-bond donors (Lipinski definition) is 1. The molecule has 170 valence electrons. The third-order valence-corrected chi connectivity index (χ3v) is 5.45. The Kier molecular flexibility index (Phi) is 6.46. The molecule has 1 aliphatic heterocycles. The van der Waals surface area contributed by atoms with Gasteiger partial charge in [-0.2, -0.15) is 5.26 Å². The highest BCUT2D eigenvalue weighted by Crippen LogP contribution is 2.34. The second-order valence-corrected chi connectivity index (χ2v) is 8.23. The molecule has 1 N–H and O–H groups in total. The summed E-state index contributed by atoms with van der Waals surface area (Å²) >= 11 is 0.